The lowest BCUT2D eigenvalue weighted by atomic mass is 10.2. The molecule has 1 aromatic carbocycles. The zero-order chi connectivity index (χ0) is 14.3. The molecule has 3 rings (SSSR count). The van der Waals surface area contributed by atoms with Crippen LogP contribution in [0.3, 0.4) is 0 Å². The molecule has 5 heteroatoms. The van der Waals surface area contributed by atoms with E-state index in [2.05, 4.69) is 17.4 Å². The van der Waals surface area contributed by atoms with Crippen LogP contribution in [-0.4, -0.2) is 52.6 Å². The maximum atomic E-state index is 5.62. The molecule has 3 N–H and O–H groups in total. The lowest BCUT2D eigenvalue weighted by molar-refractivity contribution is -0.909. The summed E-state index contributed by atoms with van der Waals surface area (Å²) in [5.74, 6) is 1.77. The molecule has 5 nitrogen and oxygen atoms in total. The van der Waals surface area contributed by atoms with E-state index >= 15 is 0 Å². The molecule has 2 heterocycles. The van der Waals surface area contributed by atoms with Gasteiger partial charge in [-0.15, -0.1) is 0 Å². The first-order valence-electron chi connectivity index (χ1n) is 8.03. The van der Waals surface area contributed by atoms with Crippen LogP contribution < -0.4 is 19.7 Å². The molecule has 116 valence electrons. The van der Waals surface area contributed by atoms with Gasteiger partial charge in [0, 0.05) is 12.0 Å². The molecular formula is C16H26N2O3+2. The van der Waals surface area contributed by atoms with E-state index in [1.54, 1.807) is 4.90 Å². The largest absolute Gasteiger partial charge is 0.486 e. The van der Waals surface area contributed by atoms with Crippen molar-refractivity contribution in [2.45, 2.75) is 13.0 Å². The van der Waals surface area contributed by atoms with Gasteiger partial charge in [-0.1, -0.05) is 0 Å². The molecule has 0 bridgehead atoms. The van der Waals surface area contributed by atoms with E-state index in [0.717, 1.165) is 31.3 Å². The average Bonchev–Trinajstić information content (AvgIpc) is 2.55. The van der Waals surface area contributed by atoms with Crippen molar-refractivity contribution in [2.75, 3.05) is 52.6 Å². The normalized spacial score (nSPS) is 18.7. The van der Waals surface area contributed by atoms with Crippen LogP contribution in [-0.2, 0) is 11.3 Å². The van der Waals surface area contributed by atoms with Gasteiger partial charge < -0.3 is 24.4 Å². The van der Waals surface area contributed by atoms with E-state index in [1.807, 2.05) is 6.07 Å². The second-order valence-electron chi connectivity index (χ2n) is 5.73. The summed E-state index contributed by atoms with van der Waals surface area (Å²) in [6.07, 6.45) is 1.26. The summed E-state index contributed by atoms with van der Waals surface area (Å²) >= 11 is 0. The lowest BCUT2D eigenvalue weighted by Crippen LogP contribution is -3.14. The van der Waals surface area contributed by atoms with E-state index in [1.165, 1.54) is 38.2 Å². The Morgan fingerprint density at radius 3 is 2.67 bits per heavy atom. The van der Waals surface area contributed by atoms with Crippen molar-refractivity contribution in [3.63, 3.8) is 0 Å². The summed E-state index contributed by atoms with van der Waals surface area (Å²) in [7, 11) is 0. The number of nitrogens with one attached hydrogen (secondary N) is 1. The molecule has 2 aliphatic rings. The van der Waals surface area contributed by atoms with Crippen molar-refractivity contribution in [1.82, 2.24) is 0 Å². The van der Waals surface area contributed by atoms with Gasteiger partial charge in [-0.05, 0) is 18.2 Å². The van der Waals surface area contributed by atoms with Gasteiger partial charge in [0.15, 0.2) is 11.5 Å². The van der Waals surface area contributed by atoms with E-state index < -0.39 is 0 Å². The minimum Gasteiger partial charge on any atom is -0.486 e. The third-order valence-corrected chi connectivity index (χ3v) is 4.13. The molecule has 0 atom stereocenters. The van der Waals surface area contributed by atoms with Crippen molar-refractivity contribution < 1.29 is 24.4 Å². The Bertz CT molecular complexity index is 447. The third-order valence-electron chi connectivity index (χ3n) is 4.13. The summed E-state index contributed by atoms with van der Waals surface area (Å²) in [6, 6.07) is 6.27. The first-order valence-corrected chi connectivity index (χ1v) is 8.03. The van der Waals surface area contributed by atoms with Gasteiger partial charge in [0.05, 0.1) is 26.3 Å². The van der Waals surface area contributed by atoms with Gasteiger partial charge in [-0.3, -0.25) is 0 Å². The van der Waals surface area contributed by atoms with E-state index in [9.17, 15) is 0 Å². The zero-order valence-corrected chi connectivity index (χ0v) is 12.6. The number of benzene rings is 1. The summed E-state index contributed by atoms with van der Waals surface area (Å²) < 4.78 is 16.5. The van der Waals surface area contributed by atoms with Crippen molar-refractivity contribution >= 4 is 0 Å². The molecule has 1 aromatic rings. The molecule has 0 unspecified atom stereocenters. The summed E-state index contributed by atoms with van der Waals surface area (Å²) in [5.41, 5.74) is 1.30. The predicted molar refractivity (Wildman–Crippen MR) is 78.9 cm³/mol. The Hall–Kier alpha value is -1.30. The van der Waals surface area contributed by atoms with Crippen LogP contribution in [0.5, 0.6) is 11.5 Å². The fourth-order valence-corrected chi connectivity index (χ4v) is 2.89. The highest BCUT2D eigenvalue weighted by Crippen LogP contribution is 2.30. The number of hydrogen-bond acceptors (Lipinski definition) is 3. The SMILES string of the molecule is c1cc2c(cc1C[NH2+]CCC[NH+]1CCOCC1)OCCO2. The average molecular weight is 294 g/mol. The fraction of sp³-hybridized carbons (Fsp3) is 0.625. The highest BCUT2D eigenvalue weighted by Gasteiger charge is 2.14. The van der Waals surface area contributed by atoms with Crippen LogP contribution in [0.15, 0.2) is 18.2 Å². The van der Waals surface area contributed by atoms with Crippen LogP contribution >= 0.6 is 0 Å². The Morgan fingerprint density at radius 2 is 1.81 bits per heavy atom. The van der Waals surface area contributed by atoms with E-state index in [4.69, 9.17) is 14.2 Å². The second kappa shape index (κ2) is 7.64. The van der Waals surface area contributed by atoms with Crippen molar-refractivity contribution in [3.8, 4) is 11.5 Å². The fourth-order valence-electron chi connectivity index (χ4n) is 2.89. The van der Waals surface area contributed by atoms with Gasteiger partial charge in [0.25, 0.3) is 0 Å². The monoisotopic (exact) mass is 294 g/mol. The highest BCUT2D eigenvalue weighted by molar-refractivity contribution is 5.43. The Kier molecular flexibility index (Phi) is 5.32. The van der Waals surface area contributed by atoms with E-state index in [0.29, 0.717) is 13.2 Å². The molecule has 0 amide bonds. The van der Waals surface area contributed by atoms with Crippen LogP contribution in [0.25, 0.3) is 0 Å². The van der Waals surface area contributed by atoms with Crippen LogP contribution in [0.4, 0.5) is 0 Å². The standard InChI is InChI=1S/C16H24N2O3/c1(5-18-6-8-19-9-7-18)4-17-13-14-2-3-15-16(12-14)21-11-10-20-15/h2-3,12,17H,1,4-11,13H2/p+2. The molecule has 0 radical (unpaired) electrons. The number of hydrogen-bond donors (Lipinski definition) is 2. The van der Waals surface area contributed by atoms with E-state index in [-0.39, 0.29) is 0 Å². The molecule has 1 fully saturated rings. The summed E-state index contributed by atoms with van der Waals surface area (Å²) in [4.78, 5) is 1.69. The maximum absolute atomic E-state index is 5.62. The summed E-state index contributed by atoms with van der Waals surface area (Å²) in [6.45, 7) is 8.95. The predicted octanol–water partition coefficient (Wildman–Crippen LogP) is -1.17. The van der Waals surface area contributed by atoms with Gasteiger partial charge in [-0.2, -0.15) is 0 Å². The molecule has 0 aromatic heterocycles. The van der Waals surface area contributed by atoms with Crippen molar-refractivity contribution in [1.29, 1.82) is 0 Å². The van der Waals surface area contributed by atoms with Gasteiger partial charge in [-0.25, -0.2) is 0 Å². The van der Waals surface area contributed by atoms with Crippen LogP contribution in [0.2, 0.25) is 0 Å². The molecule has 0 saturated carbocycles. The van der Waals surface area contributed by atoms with Crippen LogP contribution in [0.1, 0.15) is 12.0 Å². The third kappa shape index (κ3) is 4.33. The number of fused-ring (bicyclic) bond motifs is 1. The van der Waals surface area contributed by atoms with Gasteiger partial charge in [0.2, 0.25) is 0 Å². The minimum absolute atomic E-state index is 0.655. The number of morpholine rings is 1. The molecule has 0 aliphatic carbocycles. The molecule has 1 saturated heterocycles. The second-order valence-corrected chi connectivity index (χ2v) is 5.73. The molecular weight excluding hydrogens is 268 g/mol. The van der Waals surface area contributed by atoms with Gasteiger partial charge in [0.1, 0.15) is 32.8 Å². The minimum atomic E-state index is 0.655. The van der Waals surface area contributed by atoms with Crippen molar-refractivity contribution in [3.05, 3.63) is 23.8 Å². The lowest BCUT2D eigenvalue weighted by Gasteiger charge is -2.23. The highest BCUT2D eigenvalue weighted by atomic mass is 16.6. The first kappa shape index (κ1) is 14.6. The quantitative estimate of drug-likeness (QED) is 0.650. The molecule has 2 aliphatic heterocycles. The Morgan fingerprint density at radius 1 is 1.00 bits per heavy atom. The number of quaternary nitrogens is 2. The smallest absolute Gasteiger partial charge is 0.161 e. The molecule has 0 spiro atoms. The molecule has 21 heavy (non-hydrogen) atoms. The number of rotatable bonds is 6. The van der Waals surface area contributed by atoms with Crippen molar-refractivity contribution in [2.24, 2.45) is 0 Å². The topological polar surface area (TPSA) is 48.7 Å². The number of nitrogens with two attached hydrogens (primary N) is 1. The maximum Gasteiger partial charge on any atom is 0.161 e. The zero-order valence-electron chi connectivity index (χ0n) is 12.6. The van der Waals surface area contributed by atoms with Crippen LogP contribution in [0, 0.1) is 0 Å². The Labute approximate surface area is 126 Å². The summed E-state index contributed by atoms with van der Waals surface area (Å²) in [5, 5.41) is 2.38. The van der Waals surface area contributed by atoms with Gasteiger partial charge >= 0.3 is 0 Å². The first-order chi connectivity index (χ1) is 10.4. The Balaban J connectivity index is 1.35. The number of ether oxygens (including phenoxy) is 3.